The van der Waals surface area contributed by atoms with Crippen molar-refractivity contribution in [1.82, 2.24) is 9.88 Å². The van der Waals surface area contributed by atoms with Gasteiger partial charge in [0.1, 0.15) is 0 Å². The predicted molar refractivity (Wildman–Crippen MR) is 68.2 cm³/mol. The van der Waals surface area contributed by atoms with E-state index >= 15 is 0 Å². The largest absolute Gasteiger partial charge is 0.409 e. The number of carbonyl (C=O) groups is 1. The molecule has 4 nitrogen and oxygen atoms in total. The summed E-state index contributed by atoms with van der Waals surface area (Å²) in [5.74, 6) is -0.622. The lowest BCUT2D eigenvalue weighted by molar-refractivity contribution is -0.130. The number of allylic oxidation sites excluding steroid dienone is 1. The van der Waals surface area contributed by atoms with Gasteiger partial charge in [-0.15, -0.1) is 0 Å². The van der Waals surface area contributed by atoms with Crippen molar-refractivity contribution < 1.29 is 18.0 Å². The van der Waals surface area contributed by atoms with E-state index in [1.165, 1.54) is 4.90 Å². The monoisotopic (exact) mass is 285 g/mol. The van der Waals surface area contributed by atoms with Crippen LogP contribution >= 0.6 is 0 Å². The van der Waals surface area contributed by atoms with Crippen LogP contribution in [0, 0.1) is 6.92 Å². The fraction of sp³-hybridized carbons (Fsp3) is 0.385. The number of nitrogens with zero attached hydrogens (tertiary/aromatic N) is 2. The van der Waals surface area contributed by atoms with Gasteiger partial charge in [-0.05, 0) is 18.6 Å². The van der Waals surface area contributed by atoms with Gasteiger partial charge in [0, 0.05) is 37.6 Å². The molecule has 1 N–H and O–H groups in total. The second kappa shape index (κ2) is 5.52. The average Bonchev–Trinajstić information content (AvgIpc) is 2.29. The van der Waals surface area contributed by atoms with E-state index in [1.54, 1.807) is 12.4 Å². The molecule has 20 heavy (non-hydrogen) atoms. The minimum absolute atomic E-state index is 0.0411. The highest BCUT2D eigenvalue weighted by atomic mass is 19.4. The van der Waals surface area contributed by atoms with Crippen molar-refractivity contribution in [3.8, 4) is 0 Å². The zero-order chi connectivity index (χ0) is 14.8. The first-order chi connectivity index (χ1) is 9.33. The molecule has 2 rings (SSSR count). The molecule has 0 unspecified atom stereocenters. The van der Waals surface area contributed by atoms with E-state index < -0.39 is 12.1 Å². The van der Waals surface area contributed by atoms with Crippen LogP contribution in [0.25, 0.3) is 0 Å². The Morgan fingerprint density at radius 2 is 2.15 bits per heavy atom. The van der Waals surface area contributed by atoms with Gasteiger partial charge < -0.3 is 10.2 Å². The third-order valence-electron chi connectivity index (χ3n) is 2.85. The van der Waals surface area contributed by atoms with Gasteiger partial charge in [0.25, 0.3) is 0 Å². The highest BCUT2D eigenvalue weighted by molar-refractivity contribution is 5.88. The molecular weight excluding hydrogens is 271 g/mol. The quantitative estimate of drug-likeness (QED) is 0.865. The third-order valence-corrected chi connectivity index (χ3v) is 2.85. The Morgan fingerprint density at radius 3 is 2.75 bits per heavy atom. The van der Waals surface area contributed by atoms with E-state index in [0.29, 0.717) is 19.2 Å². The maximum atomic E-state index is 11.9. The molecule has 1 aromatic heterocycles. The third kappa shape index (κ3) is 3.97. The summed E-state index contributed by atoms with van der Waals surface area (Å²) in [4.78, 5) is 16.8. The van der Waals surface area contributed by atoms with Crippen LogP contribution in [-0.2, 0) is 4.79 Å². The average molecular weight is 285 g/mol. The van der Waals surface area contributed by atoms with Gasteiger partial charge in [0.05, 0.1) is 11.7 Å². The van der Waals surface area contributed by atoms with Crippen molar-refractivity contribution in [1.29, 1.82) is 0 Å². The number of pyridine rings is 1. The molecule has 0 aromatic carbocycles. The van der Waals surface area contributed by atoms with Gasteiger partial charge in [-0.25, -0.2) is 0 Å². The van der Waals surface area contributed by atoms with Crippen molar-refractivity contribution in [3.05, 3.63) is 36.2 Å². The molecule has 2 heterocycles. The zero-order valence-electron chi connectivity index (χ0n) is 10.8. The molecular formula is C13H14F3N3O. The topological polar surface area (TPSA) is 45.2 Å². The number of amides is 1. The predicted octanol–water partition coefficient (Wildman–Crippen LogP) is 2.13. The summed E-state index contributed by atoms with van der Waals surface area (Å²) in [6.45, 7) is 2.68. The molecule has 1 saturated heterocycles. The zero-order valence-corrected chi connectivity index (χ0v) is 10.8. The van der Waals surface area contributed by atoms with Gasteiger partial charge in [0.15, 0.2) is 0 Å². The number of halogens is 3. The van der Waals surface area contributed by atoms with Crippen molar-refractivity contribution in [3.63, 3.8) is 0 Å². The number of carbonyl (C=O) groups excluding carboxylic acids is 1. The SMILES string of the molecule is Cc1cncc(NC2CN(C(=O)/C=C/C(F)(F)F)C2)c1. The molecule has 1 aliphatic heterocycles. The Bertz CT molecular complexity index is 522. The van der Waals surface area contributed by atoms with Gasteiger partial charge in [-0.2, -0.15) is 13.2 Å². The lowest BCUT2D eigenvalue weighted by Gasteiger charge is -2.39. The number of alkyl halides is 3. The Kier molecular flexibility index (Phi) is 3.96. The molecule has 1 aliphatic rings. The van der Waals surface area contributed by atoms with Crippen LogP contribution in [-0.4, -0.2) is 41.1 Å². The number of likely N-dealkylation sites (tertiary alicyclic amines) is 1. The standard InChI is InChI=1S/C13H14F3N3O/c1-9-4-10(6-17-5-9)18-11-7-19(8-11)12(20)2-3-13(14,15)16/h2-6,11,18H,7-8H2,1H3/b3-2+. The first-order valence-electron chi connectivity index (χ1n) is 6.06. The van der Waals surface area contributed by atoms with Crippen LogP contribution < -0.4 is 5.32 Å². The summed E-state index contributed by atoms with van der Waals surface area (Å²) in [5, 5.41) is 3.17. The molecule has 0 spiro atoms. The van der Waals surface area contributed by atoms with E-state index in [1.807, 2.05) is 13.0 Å². The van der Waals surface area contributed by atoms with Gasteiger partial charge in [-0.1, -0.05) is 0 Å². The molecule has 1 fully saturated rings. The number of anilines is 1. The van der Waals surface area contributed by atoms with E-state index in [2.05, 4.69) is 10.3 Å². The normalized spacial score (nSPS) is 16.3. The van der Waals surface area contributed by atoms with Gasteiger partial charge >= 0.3 is 6.18 Å². The van der Waals surface area contributed by atoms with E-state index in [4.69, 9.17) is 0 Å². The minimum Gasteiger partial charge on any atom is -0.377 e. The number of aryl methyl sites for hydroxylation is 1. The summed E-state index contributed by atoms with van der Waals surface area (Å²) in [6.07, 6.45) is -0.541. The number of hydrogen-bond donors (Lipinski definition) is 1. The second-order valence-corrected chi connectivity index (χ2v) is 4.71. The number of rotatable bonds is 3. The Balaban J connectivity index is 1.80. The van der Waals surface area contributed by atoms with Crippen molar-refractivity contribution >= 4 is 11.6 Å². The summed E-state index contributed by atoms with van der Waals surface area (Å²) in [7, 11) is 0. The molecule has 1 amide bonds. The second-order valence-electron chi connectivity index (χ2n) is 4.71. The molecule has 108 valence electrons. The van der Waals surface area contributed by atoms with E-state index in [0.717, 1.165) is 11.3 Å². The van der Waals surface area contributed by atoms with Crippen LogP contribution in [0.5, 0.6) is 0 Å². The van der Waals surface area contributed by atoms with Gasteiger partial charge in [-0.3, -0.25) is 9.78 Å². The fourth-order valence-corrected chi connectivity index (χ4v) is 1.89. The van der Waals surface area contributed by atoms with Crippen LogP contribution in [0.15, 0.2) is 30.6 Å². The highest BCUT2D eigenvalue weighted by Gasteiger charge is 2.30. The van der Waals surface area contributed by atoms with Gasteiger partial charge in [0.2, 0.25) is 5.91 Å². The fourth-order valence-electron chi connectivity index (χ4n) is 1.89. The Labute approximate surface area is 114 Å². The molecule has 0 atom stereocenters. The van der Waals surface area contributed by atoms with Crippen LogP contribution in [0.2, 0.25) is 0 Å². The van der Waals surface area contributed by atoms with Crippen molar-refractivity contribution in [2.24, 2.45) is 0 Å². The summed E-state index contributed by atoms with van der Waals surface area (Å²) >= 11 is 0. The van der Waals surface area contributed by atoms with E-state index in [9.17, 15) is 18.0 Å². The number of hydrogen-bond acceptors (Lipinski definition) is 3. The Hall–Kier alpha value is -2.05. The van der Waals surface area contributed by atoms with Crippen molar-refractivity contribution in [2.45, 2.75) is 19.1 Å². The molecule has 0 aliphatic carbocycles. The minimum atomic E-state index is -4.45. The first kappa shape index (κ1) is 14.4. The maximum Gasteiger partial charge on any atom is 0.409 e. The molecule has 0 radical (unpaired) electrons. The summed E-state index contributed by atoms with van der Waals surface area (Å²) in [6, 6.07) is 1.96. The Morgan fingerprint density at radius 1 is 1.45 bits per heavy atom. The molecule has 1 aromatic rings. The van der Waals surface area contributed by atoms with Crippen molar-refractivity contribution in [2.75, 3.05) is 18.4 Å². The summed E-state index contributed by atoms with van der Waals surface area (Å²) in [5.41, 5.74) is 1.85. The molecule has 0 saturated carbocycles. The van der Waals surface area contributed by atoms with Crippen LogP contribution in [0.3, 0.4) is 0 Å². The number of aromatic nitrogens is 1. The lowest BCUT2D eigenvalue weighted by atomic mass is 10.1. The first-order valence-corrected chi connectivity index (χ1v) is 6.06. The molecule has 0 bridgehead atoms. The summed E-state index contributed by atoms with van der Waals surface area (Å²) < 4.78 is 35.8. The van der Waals surface area contributed by atoms with Crippen LogP contribution in [0.4, 0.5) is 18.9 Å². The van der Waals surface area contributed by atoms with E-state index in [-0.39, 0.29) is 12.1 Å². The highest BCUT2D eigenvalue weighted by Crippen LogP contribution is 2.18. The lowest BCUT2D eigenvalue weighted by Crippen LogP contribution is -2.56. The molecule has 7 heteroatoms. The maximum absolute atomic E-state index is 11.9. The van der Waals surface area contributed by atoms with Crippen LogP contribution in [0.1, 0.15) is 5.56 Å². The smallest absolute Gasteiger partial charge is 0.377 e. The number of nitrogens with one attached hydrogen (secondary N) is 1.